The number of hydrogen-bond donors (Lipinski definition) is 1. The number of nitrogens with one attached hydrogen (secondary N) is 1. The lowest BCUT2D eigenvalue weighted by atomic mass is 9.91. The van der Waals surface area contributed by atoms with Gasteiger partial charge in [-0.1, -0.05) is 43.3 Å². The number of para-hydroxylation sites is 1. The normalized spacial score (nSPS) is 15.8. The number of amides is 2. The van der Waals surface area contributed by atoms with E-state index in [1.54, 1.807) is 19.1 Å². The van der Waals surface area contributed by atoms with Crippen molar-refractivity contribution in [1.82, 2.24) is 10.2 Å². The van der Waals surface area contributed by atoms with Crippen molar-refractivity contribution < 1.29 is 19.1 Å². The van der Waals surface area contributed by atoms with Crippen molar-refractivity contribution in [3.63, 3.8) is 0 Å². The molecule has 2 amide bonds. The molecule has 0 radical (unpaired) electrons. The first-order valence-electron chi connectivity index (χ1n) is 9.45. The first-order chi connectivity index (χ1) is 13.6. The first-order valence-corrected chi connectivity index (χ1v) is 9.45. The summed E-state index contributed by atoms with van der Waals surface area (Å²) in [6.07, 6.45) is 1.13. The molecule has 0 spiro atoms. The number of carbonyl (C=O) groups is 2. The minimum Gasteiger partial charge on any atom is -0.493 e. The van der Waals surface area contributed by atoms with Gasteiger partial charge >= 0.3 is 0 Å². The van der Waals surface area contributed by atoms with E-state index in [0.29, 0.717) is 24.5 Å². The summed E-state index contributed by atoms with van der Waals surface area (Å²) in [6, 6.07) is 12.6. The maximum atomic E-state index is 13.1. The molecular weight excluding hydrogens is 356 g/mol. The third-order valence-corrected chi connectivity index (χ3v) is 4.97. The van der Waals surface area contributed by atoms with Crippen LogP contribution in [-0.4, -0.2) is 37.5 Å². The van der Waals surface area contributed by atoms with Crippen LogP contribution in [0.15, 0.2) is 42.5 Å². The molecule has 1 atom stereocenters. The maximum Gasteiger partial charge on any atom is 0.247 e. The number of benzene rings is 2. The molecule has 6 nitrogen and oxygen atoms in total. The molecule has 148 valence electrons. The van der Waals surface area contributed by atoms with Crippen LogP contribution in [0.2, 0.25) is 0 Å². The van der Waals surface area contributed by atoms with Gasteiger partial charge in [-0.05, 0) is 23.6 Å². The van der Waals surface area contributed by atoms with E-state index in [4.69, 9.17) is 9.47 Å². The van der Waals surface area contributed by atoms with E-state index in [1.165, 1.54) is 0 Å². The second kappa shape index (κ2) is 8.78. The number of nitrogens with zero attached hydrogens (tertiary/aromatic N) is 1. The number of fused-ring (bicyclic) bond motifs is 1. The molecule has 1 N–H and O–H groups in total. The van der Waals surface area contributed by atoms with Crippen LogP contribution in [0.1, 0.15) is 36.1 Å². The second-order valence-electron chi connectivity index (χ2n) is 6.74. The van der Waals surface area contributed by atoms with Gasteiger partial charge in [0.2, 0.25) is 11.8 Å². The van der Waals surface area contributed by atoms with Crippen molar-refractivity contribution in [2.45, 2.75) is 32.4 Å². The summed E-state index contributed by atoms with van der Waals surface area (Å²) < 4.78 is 10.8. The highest BCUT2D eigenvalue weighted by Crippen LogP contribution is 2.32. The van der Waals surface area contributed by atoms with Crippen LogP contribution < -0.4 is 14.8 Å². The Morgan fingerprint density at radius 3 is 2.64 bits per heavy atom. The van der Waals surface area contributed by atoms with Gasteiger partial charge in [-0.2, -0.15) is 0 Å². The summed E-state index contributed by atoms with van der Waals surface area (Å²) in [5.74, 6) is 0.995. The van der Waals surface area contributed by atoms with Crippen molar-refractivity contribution in [3.8, 4) is 11.5 Å². The number of hydrogen-bond acceptors (Lipinski definition) is 4. The molecule has 0 aliphatic carbocycles. The van der Waals surface area contributed by atoms with Crippen LogP contribution in [0.25, 0.3) is 0 Å². The SMILES string of the molecule is CCCN1C(=O)Cc2ccccc2[C@@H]1C(=O)NCc1cccc(OC)c1OC. The maximum absolute atomic E-state index is 13.1. The van der Waals surface area contributed by atoms with Gasteiger partial charge in [-0.25, -0.2) is 0 Å². The summed E-state index contributed by atoms with van der Waals surface area (Å²) in [4.78, 5) is 27.5. The number of ether oxygens (including phenoxy) is 2. The predicted molar refractivity (Wildman–Crippen MR) is 106 cm³/mol. The van der Waals surface area contributed by atoms with Crippen LogP contribution in [-0.2, 0) is 22.6 Å². The number of carbonyl (C=O) groups excluding carboxylic acids is 2. The summed E-state index contributed by atoms with van der Waals surface area (Å²) in [5, 5.41) is 2.98. The molecule has 1 aliphatic rings. The van der Waals surface area contributed by atoms with Crippen molar-refractivity contribution in [3.05, 3.63) is 59.2 Å². The lowest BCUT2D eigenvalue weighted by Crippen LogP contribution is -2.47. The molecule has 28 heavy (non-hydrogen) atoms. The standard InChI is InChI=1S/C22H26N2O4/c1-4-12-24-19(25)13-15-8-5-6-10-17(15)20(24)22(26)23-14-16-9-7-11-18(27-2)21(16)28-3/h5-11,20H,4,12-14H2,1-3H3,(H,23,26)/t20-/m1/s1. The first kappa shape index (κ1) is 19.7. The van der Waals surface area contributed by atoms with Gasteiger partial charge in [0.05, 0.1) is 20.6 Å². The third-order valence-electron chi connectivity index (χ3n) is 4.97. The van der Waals surface area contributed by atoms with E-state index < -0.39 is 6.04 Å². The van der Waals surface area contributed by atoms with E-state index in [0.717, 1.165) is 23.1 Å². The van der Waals surface area contributed by atoms with Crippen molar-refractivity contribution in [2.24, 2.45) is 0 Å². The van der Waals surface area contributed by atoms with Crippen LogP contribution >= 0.6 is 0 Å². The molecule has 2 aromatic carbocycles. The zero-order valence-electron chi connectivity index (χ0n) is 16.5. The Bertz CT molecular complexity index is 865. The fourth-order valence-electron chi connectivity index (χ4n) is 3.69. The Kier molecular flexibility index (Phi) is 6.19. The smallest absolute Gasteiger partial charge is 0.247 e. The van der Waals surface area contributed by atoms with Crippen LogP contribution in [0.4, 0.5) is 0 Å². The predicted octanol–water partition coefficient (Wildman–Crippen LogP) is 2.86. The Balaban J connectivity index is 1.85. The molecular formula is C22H26N2O4. The Morgan fingerprint density at radius 1 is 1.14 bits per heavy atom. The number of rotatable bonds is 7. The average Bonchev–Trinajstić information content (AvgIpc) is 2.72. The minimum absolute atomic E-state index is 0.0142. The summed E-state index contributed by atoms with van der Waals surface area (Å²) in [6.45, 7) is 2.84. The molecule has 0 saturated carbocycles. The Morgan fingerprint density at radius 2 is 1.93 bits per heavy atom. The fraction of sp³-hybridized carbons (Fsp3) is 0.364. The molecule has 0 aromatic heterocycles. The molecule has 1 aliphatic heterocycles. The fourth-order valence-corrected chi connectivity index (χ4v) is 3.69. The van der Waals surface area contributed by atoms with E-state index in [-0.39, 0.29) is 18.4 Å². The molecule has 6 heteroatoms. The highest BCUT2D eigenvalue weighted by molar-refractivity contribution is 5.92. The van der Waals surface area contributed by atoms with Gasteiger partial charge in [0.15, 0.2) is 11.5 Å². The Hall–Kier alpha value is -3.02. The van der Waals surface area contributed by atoms with Crippen molar-refractivity contribution in [1.29, 1.82) is 0 Å². The molecule has 0 saturated heterocycles. The number of methoxy groups -OCH3 is 2. The molecule has 0 fully saturated rings. The molecule has 3 rings (SSSR count). The van der Waals surface area contributed by atoms with Gasteiger partial charge < -0.3 is 19.7 Å². The van der Waals surface area contributed by atoms with Crippen LogP contribution in [0, 0.1) is 0 Å². The van der Waals surface area contributed by atoms with E-state index in [2.05, 4.69) is 5.32 Å². The van der Waals surface area contributed by atoms with Gasteiger partial charge in [0.1, 0.15) is 6.04 Å². The second-order valence-corrected chi connectivity index (χ2v) is 6.74. The van der Waals surface area contributed by atoms with Crippen molar-refractivity contribution >= 4 is 11.8 Å². The van der Waals surface area contributed by atoms with E-state index >= 15 is 0 Å². The molecule has 1 heterocycles. The third kappa shape index (κ3) is 3.81. The topological polar surface area (TPSA) is 67.9 Å². The van der Waals surface area contributed by atoms with Gasteiger partial charge in [0, 0.05) is 18.7 Å². The zero-order valence-corrected chi connectivity index (χ0v) is 16.5. The monoisotopic (exact) mass is 382 g/mol. The minimum atomic E-state index is -0.617. The Labute approximate surface area is 165 Å². The zero-order chi connectivity index (χ0) is 20.1. The van der Waals surface area contributed by atoms with Gasteiger partial charge in [-0.3, -0.25) is 9.59 Å². The lowest BCUT2D eigenvalue weighted by molar-refractivity contribution is -0.141. The summed E-state index contributed by atoms with van der Waals surface area (Å²) in [5.41, 5.74) is 2.62. The van der Waals surface area contributed by atoms with E-state index in [1.807, 2.05) is 49.4 Å². The summed E-state index contributed by atoms with van der Waals surface area (Å²) >= 11 is 0. The van der Waals surface area contributed by atoms with Crippen molar-refractivity contribution in [2.75, 3.05) is 20.8 Å². The highest BCUT2D eigenvalue weighted by Gasteiger charge is 2.36. The van der Waals surface area contributed by atoms with E-state index in [9.17, 15) is 9.59 Å². The largest absolute Gasteiger partial charge is 0.493 e. The highest BCUT2D eigenvalue weighted by atomic mass is 16.5. The van der Waals surface area contributed by atoms with Crippen LogP contribution in [0.5, 0.6) is 11.5 Å². The quantitative estimate of drug-likeness (QED) is 0.800. The average molecular weight is 382 g/mol. The lowest BCUT2D eigenvalue weighted by Gasteiger charge is -2.36. The molecule has 0 unspecified atom stereocenters. The van der Waals surface area contributed by atoms with Crippen LogP contribution in [0.3, 0.4) is 0 Å². The molecule has 2 aromatic rings. The summed E-state index contributed by atoms with van der Waals surface area (Å²) in [7, 11) is 3.15. The van der Waals surface area contributed by atoms with Gasteiger partial charge in [0.25, 0.3) is 0 Å². The molecule has 0 bridgehead atoms. The van der Waals surface area contributed by atoms with Gasteiger partial charge in [-0.15, -0.1) is 0 Å².